The Morgan fingerprint density at radius 3 is 2.68 bits per heavy atom. The number of anilines is 1. The standard InChI is InChI=1S/C14H22N4O/c1-11-10-13(17-12(2)16-11)15-7-6-14(19)18-8-4-3-5-9-18/h10H,3-9H2,1-2H3,(H,15,16,17). The molecule has 0 aliphatic carbocycles. The maximum Gasteiger partial charge on any atom is 0.224 e. The van der Waals surface area contributed by atoms with Crippen molar-refractivity contribution in [1.82, 2.24) is 14.9 Å². The van der Waals surface area contributed by atoms with Gasteiger partial charge in [0.05, 0.1) is 0 Å². The minimum Gasteiger partial charge on any atom is -0.369 e. The third kappa shape index (κ3) is 4.19. The Hall–Kier alpha value is -1.65. The number of carbonyl (C=O) groups is 1. The molecule has 0 aromatic carbocycles. The van der Waals surface area contributed by atoms with Gasteiger partial charge in [-0.25, -0.2) is 9.97 Å². The maximum absolute atomic E-state index is 12.0. The first-order valence-electron chi connectivity index (χ1n) is 6.99. The number of rotatable bonds is 4. The number of piperidine rings is 1. The monoisotopic (exact) mass is 262 g/mol. The number of hydrogen-bond acceptors (Lipinski definition) is 4. The number of likely N-dealkylation sites (tertiary alicyclic amines) is 1. The second-order valence-corrected chi connectivity index (χ2v) is 5.06. The van der Waals surface area contributed by atoms with Gasteiger partial charge in [0, 0.05) is 37.8 Å². The van der Waals surface area contributed by atoms with Crippen molar-refractivity contribution in [3.8, 4) is 0 Å². The molecule has 0 unspecified atom stereocenters. The van der Waals surface area contributed by atoms with Crippen LogP contribution in [0.5, 0.6) is 0 Å². The molecule has 0 atom stereocenters. The Bertz CT molecular complexity index is 421. The van der Waals surface area contributed by atoms with E-state index in [4.69, 9.17) is 0 Å². The van der Waals surface area contributed by atoms with E-state index in [-0.39, 0.29) is 5.91 Å². The highest BCUT2D eigenvalue weighted by molar-refractivity contribution is 5.76. The quantitative estimate of drug-likeness (QED) is 0.900. The molecular formula is C14H22N4O. The summed E-state index contributed by atoms with van der Waals surface area (Å²) in [4.78, 5) is 22.5. The van der Waals surface area contributed by atoms with Gasteiger partial charge in [-0.15, -0.1) is 0 Å². The molecule has 2 rings (SSSR count). The topological polar surface area (TPSA) is 58.1 Å². The molecule has 1 aromatic heterocycles. The minimum atomic E-state index is 0.245. The molecule has 5 nitrogen and oxygen atoms in total. The van der Waals surface area contributed by atoms with Gasteiger partial charge in [-0.1, -0.05) is 0 Å². The van der Waals surface area contributed by atoms with Gasteiger partial charge in [-0.3, -0.25) is 4.79 Å². The lowest BCUT2D eigenvalue weighted by atomic mass is 10.1. The van der Waals surface area contributed by atoms with Crippen LogP contribution in [0.2, 0.25) is 0 Å². The van der Waals surface area contributed by atoms with Crippen molar-refractivity contribution in [3.63, 3.8) is 0 Å². The molecule has 1 amide bonds. The summed E-state index contributed by atoms with van der Waals surface area (Å²) >= 11 is 0. The van der Waals surface area contributed by atoms with Crippen LogP contribution >= 0.6 is 0 Å². The van der Waals surface area contributed by atoms with Gasteiger partial charge in [0.15, 0.2) is 0 Å². The van der Waals surface area contributed by atoms with Crippen LogP contribution in [0.3, 0.4) is 0 Å². The molecule has 1 N–H and O–H groups in total. The fraction of sp³-hybridized carbons (Fsp3) is 0.643. The van der Waals surface area contributed by atoms with E-state index in [0.29, 0.717) is 13.0 Å². The number of nitrogens with one attached hydrogen (secondary N) is 1. The number of hydrogen-bond donors (Lipinski definition) is 1. The van der Waals surface area contributed by atoms with Crippen molar-refractivity contribution in [1.29, 1.82) is 0 Å². The molecule has 5 heteroatoms. The molecule has 19 heavy (non-hydrogen) atoms. The summed E-state index contributed by atoms with van der Waals surface area (Å²) in [5.41, 5.74) is 0.942. The predicted octanol–water partition coefficient (Wildman–Crippen LogP) is 1.91. The predicted molar refractivity (Wildman–Crippen MR) is 75.0 cm³/mol. The molecule has 0 bridgehead atoms. The lowest BCUT2D eigenvalue weighted by Crippen LogP contribution is -2.36. The van der Waals surface area contributed by atoms with E-state index in [2.05, 4.69) is 15.3 Å². The van der Waals surface area contributed by atoms with Gasteiger partial charge in [-0.2, -0.15) is 0 Å². The number of aryl methyl sites for hydroxylation is 2. The van der Waals surface area contributed by atoms with Crippen LogP contribution in [0, 0.1) is 13.8 Å². The van der Waals surface area contributed by atoms with Crippen LogP contribution < -0.4 is 5.32 Å². The SMILES string of the molecule is Cc1cc(NCCC(=O)N2CCCCC2)nc(C)n1. The van der Waals surface area contributed by atoms with Gasteiger partial charge in [0.2, 0.25) is 5.91 Å². The Balaban J connectivity index is 1.77. The largest absolute Gasteiger partial charge is 0.369 e. The second kappa shape index (κ2) is 6.50. The third-order valence-electron chi connectivity index (χ3n) is 3.32. The summed E-state index contributed by atoms with van der Waals surface area (Å²) in [5.74, 6) is 1.80. The molecule has 104 valence electrons. The Kier molecular flexibility index (Phi) is 4.71. The van der Waals surface area contributed by atoms with E-state index in [1.165, 1.54) is 6.42 Å². The second-order valence-electron chi connectivity index (χ2n) is 5.06. The first-order chi connectivity index (χ1) is 9.15. The first-order valence-corrected chi connectivity index (χ1v) is 6.99. The molecule has 2 heterocycles. The molecule has 0 spiro atoms. The van der Waals surface area contributed by atoms with E-state index in [9.17, 15) is 4.79 Å². The van der Waals surface area contributed by atoms with Gasteiger partial charge in [0.1, 0.15) is 11.6 Å². The average Bonchev–Trinajstić information content (AvgIpc) is 2.38. The third-order valence-corrected chi connectivity index (χ3v) is 3.32. The summed E-state index contributed by atoms with van der Waals surface area (Å²) in [5, 5.41) is 3.20. The fourth-order valence-corrected chi connectivity index (χ4v) is 2.41. The Labute approximate surface area is 114 Å². The van der Waals surface area contributed by atoms with Crippen LogP contribution in [-0.2, 0) is 4.79 Å². The van der Waals surface area contributed by atoms with Crippen LogP contribution in [0.15, 0.2) is 6.07 Å². The maximum atomic E-state index is 12.0. The highest BCUT2D eigenvalue weighted by Gasteiger charge is 2.15. The summed E-state index contributed by atoms with van der Waals surface area (Å²) < 4.78 is 0. The lowest BCUT2D eigenvalue weighted by Gasteiger charge is -2.26. The normalized spacial score (nSPS) is 15.4. The summed E-state index contributed by atoms with van der Waals surface area (Å²) in [6, 6.07) is 1.90. The zero-order valence-corrected chi connectivity index (χ0v) is 11.8. The number of carbonyl (C=O) groups excluding carboxylic acids is 1. The van der Waals surface area contributed by atoms with E-state index in [1.807, 2.05) is 24.8 Å². The van der Waals surface area contributed by atoms with E-state index < -0.39 is 0 Å². The Morgan fingerprint density at radius 2 is 2.00 bits per heavy atom. The number of amides is 1. The van der Waals surface area contributed by atoms with Crippen LogP contribution in [0.4, 0.5) is 5.82 Å². The Morgan fingerprint density at radius 1 is 1.26 bits per heavy atom. The molecule has 1 fully saturated rings. The first kappa shape index (κ1) is 13.8. The van der Waals surface area contributed by atoms with Gasteiger partial charge in [0.25, 0.3) is 0 Å². The minimum absolute atomic E-state index is 0.245. The molecule has 1 aromatic rings. The van der Waals surface area contributed by atoms with Crippen molar-refractivity contribution >= 4 is 11.7 Å². The fourth-order valence-electron chi connectivity index (χ4n) is 2.41. The van der Waals surface area contributed by atoms with Crippen molar-refractivity contribution in [2.24, 2.45) is 0 Å². The zero-order valence-electron chi connectivity index (χ0n) is 11.8. The van der Waals surface area contributed by atoms with E-state index in [0.717, 1.165) is 43.3 Å². The van der Waals surface area contributed by atoms with Crippen molar-refractivity contribution < 1.29 is 4.79 Å². The van der Waals surface area contributed by atoms with E-state index in [1.54, 1.807) is 0 Å². The molecule has 1 aliphatic heterocycles. The van der Waals surface area contributed by atoms with Gasteiger partial charge >= 0.3 is 0 Å². The van der Waals surface area contributed by atoms with Crippen LogP contribution in [0.1, 0.15) is 37.2 Å². The average molecular weight is 262 g/mol. The van der Waals surface area contributed by atoms with Crippen LogP contribution in [0.25, 0.3) is 0 Å². The van der Waals surface area contributed by atoms with Gasteiger partial charge < -0.3 is 10.2 Å². The zero-order chi connectivity index (χ0) is 13.7. The highest BCUT2D eigenvalue weighted by Crippen LogP contribution is 2.10. The van der Waals surface area contributed by atoms with Crippen LogP contribution in [-0.4, -0.2) is 40.4 Å². The smallest absolute Gasteiger partial charge is 0.224 e. The van der Waals surface area contributed by atoms with Crippen molar-refractivity contribution in [2.45, 2.75) is 39.5 Å². The van der Waals surface area contributed by atoms with E-state index >= 15 is 0 Å². The summed E-state index contributed by atoms with van der Waals surface area (Å²) in [7, 11) is 0. The molecule has 0 radical (unpaired) electrons. The molecule has 1 saturated heterocycles. The number of aromatic nitrogens is 2. The number of nitrogens with zero attached hydrogens (tertiary/aromatic N) is 3. The van der Waals surface area contributed by atoms with Gasteiger partial charge in [-0.05, 0) is 33.1 Å². The van der Waals surface area contributed by atoms with Crippen molar-refractivity contribution in [3.05, 3.63) is 17.6 Å². The van der Waals surface area contributed by atoms with Crippen molar-refractivity contribution in [2.75, 3.05) is 25.0 Å². The summed E-state index contributed by atoms with van der Waals surface area (Å²) in [6.45, 7) is 6.29. The highest BCUT2D eigenvalue weighted by atomic mass is 16.2. The molecular weight excluding hydrogens is 240 g/mol. The molecule has 0 saturated carbocycles. The lowest BCUT2D eigenvalue weighted by molar-refractivity contribution is -0.131. The summed E-state index contributed by atoms with van der Waals surface area (Å²) in [6.07, 6.45) is 4.07. The molecule has 1 aliphatic rings.